The van der Waals surface area contributed by atoms with Gasteiger partial charge in [-0.05, 0) is 31.5 Å². The zero-order chi connectivity index (χ0) is 19.1. The summed E-state index contributed by atoms with van der Waals surface area (Å²) in [5.74, 6) is 1.85. The van der Waals surface area contributed by atoms with Crippen molar-refractivity contribution in [1.29, 1.82) is 0 Å². The molecule has 1 aliphatic heterocycles. The summed E-state index contributed by atoms with van der Waals surface area (Å²) in [5.41, 5.74) is 2.19. The number of nitrogens with zero attached hydrogens (tertiary/aromatic N) is 4. The first-order valence-corrected chi connectivity index (χ1v) is 9.47. The molecule has 0 saturated carbocycles. The molecule has 0 bridgehead atoms. The van der Waals surface area contributed by atoms with Crippen molar-refractivity contribution in [3.8, 4) is 5.75 Å². The van der Waals surface area contributed by atoms with Gasteiger partial charge in [-0.3, -0.25) is 9.89 Å². The molecule has 146 valence electrons. The van der Waals surface area contributed by atoms with E-state index >= 15 is 0 Å². The number of nitrogens with one attached hydrogen (secondary N) is 1. The van der Waals surface area contributed by atoms with Gasteiger partial charge in [0.2, 0.25) is 0 Å². The Morgan fingerprint density at radius 3 is 2.52 bits per heavy atom. The molecule has 0 unspecified atom stereocenters. The second-order valence-electron chi connectivity index (χ2n) is 6.97. The Bertz CT molecular complexity index is 704. The van der Waals surface area contributed by atoms with Crippen molar-refractivity contribution in [1.82, 2.24) is 20.3 Å². The number of benzene rings is 1. The van der Waals surface area contributed by atoms with E-state index in [2.05, 4.69) is 37.4 Å². The number of hydrogen-bond donors (Lipinski definition) is 1. The normalized spacial score (nSPS) is 16.0. The molecule has 7 nitrogen and oxygen atoms in total. The fourth-order valence-corrected chi connectivity index (χ4v) is 3.14. The van der Waals surface area contributed by atoms with Crippen molar-refractivity contribution < 1.29 is 9.26 Å². The molecular formula is C20H29N5O2. The Hall–Kier alpha value is -2.54. The number of piperazine rings is 1. The van der Waals surface area contributed by atoms with Gasteiger partial charge >= 0.3 is 0 Å². The lowest BCUT2D eigenvalue weighted by molar-refractivity contribution is 0.169. The predicted octanol–water partition coefficient (Wildman–Crippen LogP) is 2.35. The summed E-state index contributed by atoms with van der Waals surface area (Å²) in [6.07, 6.45) is 1.81. The molecule has 1 N–H and O–H groups in total. The molecule has 27 heavy (non-hydrogen) atoms. The van der Waals surface area contributed by atoms with Crippen molar-refractivity contribution in [3.63, 3.8) is 0 Å². The molecule has 2 heterocycles. The predicted molar refractivity (Wildman–Crippen MR) is 106 cm³/mol. The minimum atomic E-state index is 0.191. The van der Waals surface area contributed by atoms with Crippen molar-refractivity contribution in [2.75, 3.05) is 33.2 Å². The SMILES string of the molecule is CN=C(NCc1ccc(OC(C)C)cc1)N1CCN(Cc2ccon2)CC1. The van der Waals surface area contributed by atoms with Gasteiger partial charge in [0.15, 0.2) is 5.96 Å². The lowest BCUT2D eigenvalue weighted by atomic mass is 10.2. The molecule has 0 atom stereocenters. The second kappa shape index (κ2) is 9.41. The van der Waals surface area contributed by atoms with Crippen molar-refractivity contribution in [3.05, 3.63) is 47.9 Å². The summed E-state index contributed by atoms with van der Waals surface area (Å²) in [6, 6.07) is 10.1. The van der Waals surface area contributed by atoms with Gasteiger partial charge in [0, 0.05) is 52.4 Å². The maximum absolute atomic E-state index is 5.69. The van der Waals surface area contributed by atoms with E-state index in [4.69, 9.17) is 9.26 Å². The van der Waals surface area contributed by atoms with Gasteiger partial charge < -0.3 is 19.5 Å². The van der Waals surface area contributed by atoms with Crippen molar-refractivity contribution >= 4 is 5.96 Å². The molecule has 2 aromatic rings. The molecule has 0 amide bonds. The van der Waals surface area contributed by atoms with Crippen LogP contribution < -0.4 is 10.1 Å². The van der Waals surface area contributed by atoms with Gasteiger partial charge in [0.25, 0.3) is 0 Å². The summed E-state index contributed by atoms with van der Waals surface area (Å²) >= 11 is 0. The highest BCUT2D eigenvalue weighted by atomic mass is 16.5. The highest BCUT2D eigenvalue weighted by Gasteiger charge is 2.20. The van der Waals surface area contributed by atoms with Crippen LogP contribution in [0.1, 0.15) is 25.1 Å². The van der Waals surface area contributed by atoms with Crippen LogP contribution >= 0.6 is 0 Å². The summed E-state index contributed by atoms with van der Waals surface area (Å²) in [6.45, 7) is 9.49. The topological polar surface area (TPSA) is 66.1 Å². The Morgan fingerprint density at radius 1 is 1.19 bits per heavy atom. The Morgan fingerprint density at radius 2 is 1.93 bits per heavy atom. The number of aliphatic imine (C=N–C) groups is 1. The maximum atomic E-state index is 5.69. The van der Waals surface area contributed by atoms with Gasteiger partial charge in [0.05, 0.1) is 11.8 Å². The third-order valence-electron chi connectivity index (χ3n) is 4.51. The first-order valence-electron chi connectivity index (χ1n) is 9.47. The van der Waals surface area contributed by atoms with E-state index in [0.29, 0.717) is 0 Å². The lowest BCUT2D eigenvalue weighted by Gasteiger charge is -2.36. The quantitative estimate of drug-likeness (QED) is 0.621. The minimum Gasteiger partial charge on any atom is -0.491 e. The first-order chi connectivity index (χ1) is 13.1. The highest BCUT2D eigenvalue weighted by Crippen LogP contribution is 2.14. The summed E-state index contributed by atoms with van der Waals surface area (Å²) < 4.78 is 10.6. The van der Waals surface area contributed by atoms with Crippen LogP contribution in [0.15, 0.2) is 46.1 Å². The van der Waals surface area contributed by atoms with Gasteiger partial charge in [0.1, 0.15) is 12.0 Å². The molecule has 1 aromatic heterocycles. The van der Waals surface area contributed by atoms with Crippen molar-refractivity contribution in [2.24, 2.45) is 4.99 Å². The molecule has 7 heteroatoms. The van der Waals surface area contributed by atoms with E-state index < -0.39 is 0 Å². The number of hydrogen-bond acceptors (Lipinski definition) is 5. The van der Waals surface area contributed by atoms with E-state index in [1.54, 1.807) is 6.26 Å². The highest BCUT2D eigenvalue weighted by molar-refractivity contribution is 5.80. The summed E-state index contributed by atoms with van der Waals surface area (Å²) in [7, 11) is 1.84. The van der Waals surface area contributed by atoms with Crippen LogP contribution in [-0.2, 0) is 13.1 Å². The number of guanidine groups is 1. The average Bonchev–Trinajstić information content (AvgIpc) is 3.17. The van der Waals surface area contributed by atoms with E-state index in [-0.39, 0.29) is 6.10 Å². The molecule has 0 radical (unpaired) electrons. The van der Waals surface area contributed by atoms with Gasteiger partial charge in [-0.25, -0.2) is 0 Å². The van der Waals surface area contributed by atoms with Crippen LogP contribution in [0.4, 0.5) is 0 Å². The molecule has 1 aliphatic rings. The largest absolute Gasteiger partial charge is 0.491 e. The van der Waals surface area contributed by atoms with E-state index in [0.717, 1.165) is 56.7 Å². The minimum absolute atomic E-state index is 0.191. The molecule has 3 rings (SSSR count). The zero-order valence-electron chi connectivity index (χ0n) is 16.4. The van der Waals surface area contributed by atoms with Crippen molar-refractivity contribution in [2.45, 2.75) is 33.0 Å². The number of ether oxygens (including phenoxy) is 1. The number of aromatic nitrogens is 1. The number of rotatable bonds is 6. The Kier molecular flexibility index (Phi) is 6.70. The second-order valence-corrected chi connectivity index (χ2v) is 6.97. The molecule has 1 aromatic carbocycles. The van der Waals surface area contributed by atoms with Crippen LogP contribution in [0.3, 0.4) is 0 Å². The van der Waals surface area contributed by atoms with Gasteiger partial charge in [-0.15, -0.1) is 0 Å². The van der Waals surface area contributed by atoms with E-state index in [1.807, 2.05) is 39.1 Å². The monoisotopic (exact) mass is 371 g/mol. The van der Waals surface area contributed by atoms with Gasteiger partial charge in [-0.2, -0.15) is 0 Å². The van der Waals surface area contributed by atoms with Crippen LogP contribution in [0.2, 0.25) is 0 Å². The maximum Gasteiger partial charge on any atom is 0.194 e. The summed E-state index contributed by atoms with van der Waals surface area (Å²) in [5, 5.41) is 7.46. The zero-order valence-corrected chi connectivity index (χ0v) is 16.4. The Balaban J connectivity index is 1.45. The Labute approximate surface area is 161 Å². The van der Waals surface area contributed by atoms with E-state index in [9.17, 15) is 0 Å². The molecule has 0 aliphatic carbocycles. The third-order valence-corrected chi connectivity index (χ3v) is 4.51. The van der Waals surface area contributed by atoms with Gasteiger partial charge in [-0.1, -0.05) is 17.3 Å². The first kappa shape index (κ1) is 19.2. The molecule has 1 fully saturated rings. The summed E-state index contributed by atoms with van der Waals surface area (Å²) in [4.78, 5) is 9.13. The standard InChI is InChI=1S/C20H29N5O2/c1-16(2)27-19-6-4-17(5-7-19)14-22-20(21-3)25-11-9-24(10-12-25)15-18-8-13-26-23-18/h4-8,13,16H,9-12,14-15H2,1-3H3,(H,21,22). The fraction of sp³-hybridized carbons (Fsp3) is 0.500. The third kappa shape index (κ3) is 5.72. The van der Waals surface area contributed by atoms with Crippen LogP contribution in [0.5, 0.6) is 5.75 Å². The smallest absolute Gasteiger partial charge is 0.194 e. The van der Waals surface area contributed by atoms with Crippen LogP contribution in [0, 0.1) is 0 Å². The van der Waals surface area contributed by atoms with Crippen LogP contribution in [0.25, 0.3) is 0 Å². The van der Waals surface area contributed by atoms with E-state index in [1.165, 1.54) is 5.56 Å². The fourth-order valence-electron chi connectivity index (χ4n) is 3.14. The molecule has 1 saturated heterocycles. The molecule has 0 spiro atoms. The average molecular weight is 371 g/mol. The lowest BCUT2D eigenvalue weighted by Crippen LogP contribution is -2.52. The van der Waals surface area contributed by atoms with Crippen LogP contribution in [-0.4, -0.2) is 60.2 Å². The molecular weight excluding hydrogens is 342 g/mol.